The van der Waals surface area contributed by atoms with Gasteiger partial charge in [-0.25, -0.2) is 17.8 Å². The maximum absolute atomic E-state index is 13.1. The van der Waals surface area contributed by atoms with Crippen molar-refractivity contribution in [1.82, 2.24) is 19.5 Å². The van der Waals surface area contributed by atoms with Crippen LogP contribution in [0.5, 0.6) is 0 Å². The number of H-pyrrole nitrogens is 1. The summed E-state index contributed by atoms with van der Waals surface area (Å²) in [6.45, 7) is 3.97. The Bertz CT molecular complexity index is 1190. The van der Waals surface area contributed by atoms with Gasteiger partial charge >= 0.3 is 0 Å². The molecule has 0 aliphatic carbocycles. The number of halogens is 1. The number of rotatable bonds is 5. The highest BCUT2D eigenvalue weighted by atomic mass is 32.2. The van der Waals surface area contributed by atoms with E-state index in [9.17, 15) is 17.6 Å². The zero-order valence-electron chi connectivity index (χ0n) is 16.3. The number of nitrogens with one attached hydrogen (secondary N) is 2. The molecule has 30 heavy (non-hydrogen) atoms. The SMILES string of the molecule is CC(C)S(=O)(=O)N1CCc2nc(NC(=O)c3cc(-c4ccc(F)cc4)n[nH]3)sc2C1. The molecule has 0 fully saturated rings. The molecule has 0 unspecified atom stereocenters. The van der Waals surface area contributed by atoms with Crippen LogP contribution >= 0.6 is 11.3 Å². The van der Waals surface area contributed by atoms with Crippen LogP contribution in [0.4, 0.5) is 9.52 Å². The second kappa shape index (κ2) is 7.89. The molecule has 158 valence electrons. The van der Waals surface area contributed by atoms with Crippen molar-refractivity contribution in [3.63, 3.8) is 0 Å². The first kappa shape index (κ1) is 20.6. The number of carbonyl (C=O) groups excluding carboxylic acids is 1. The van der Waals surface area contributed by atoms with Gasteiger partial charge in [0.05, 0.1) is 16.6 Å². The van der Waals surface area contributed by atoms with Crippen molar-refractivity contribution in [2.75, 3.05) is 11.9 Å². The fraction of sp³-hybridized carbons (Fsp3) is 0.316. The van der Waals surface area contributed by atoms with E-state index < -0.39 is 21.2 Å². The van der Waals surface area contributed by atoms with E-state index in [2.05, 4.69) is 20.5 Å². The van der Waals surface area contributed by atoms with Crippen LogP contribution in [-0.2, 0) is 23.0 Å². The normalized spacial score (nSPS) is 14.7. The lowest BCUT2D eigenvalue weighted by atomic mass is 10.1. The topological polar surface area (TPSA) is 108 Å². The number of nitrogens with zero attached hydrogens (tertiary/aromatic N) is 3. The third-order valence-corrected chi connectivity index (χ3v) is 8.06. The second-order valence-electron chi connectivity index (χ2n) is 7.19. The first-order chi connectivity index (χ1) is 14.2. The van der Waals surface area contributed by atoms with Crippen LogP contribution in [0.1, 0.15) is 34.9 Å². The molecule has 1 aliphatic heterocycles. The van der Waals surface area contributed by atoms with Crippen LogP contribution in [0.15, 0.2) is 30.3 Å². The summed E-state index contributed by atoms with van der Waals surface area (Å²) in [5.41, 5.74) is 2.25. The van der Waals surface area contributed by atoms with E-state index >= 15 is 0 Å². The summed E-state index contributed by atoms with van der Waals surface area (Å²) in [6, 6.07) is 7.39. The summed E-state index contributed by atoms with van der Waals surface area (Å²) < 4.78 is 39.4. The molecular formula is C19H20FN5O3S2. The predicted octanol–water partition coefficient (Wildman–Crippen LogP) is 3.02. The number of hydrogen-bond acceptors (Lipinski definition) is 6. The fourth-order valence-corrected chi connectivity index (χ4v) is 5.46. The minimum absolute atomic E-state index is 0.242. The lowest BCUT2D eigenvalue weighted by Gasteiger charge is -2.26. The van der Waals surface area contributed by atoms with Crippen molar-refractivity contribution in [3.8, 4) is 11.3 Å². The van der Waals surface area contributed by atoms with Gasteiger partial charge in [0.25, 0.3) is 5.91 Å². The molecule has 1 aromatic carbocycles. The molecule has 3 aromatic rings. The highest BCUT2D eigenvalue weighted by Gasteiger charge is 2.31. The van der Waals surface area contributed by atoms with Crippen LogP contribution in [0.3, 0.4) is 0 Å². The monoisotopic (exact) mass is 449 g/mol. The van der Waals surface area contributed by atoms with Crippen molar-refractivity contribution in [2.24, 2.45) is 0 Å². The first-order valence-corrected chi connectivity index (χ1v) is 11.7. The largest absolute Gasteiger partial charge is 0.296 e. The van der Waals surface area contributed by atoms with Crippen LogP contribution in [0.2, 0.25) is 0 Å². The Balaban J connectivity index is 1.47. The van der Waals surface area contributed by atoms with Gasteiger partial charge in [-0.2, -0.15) is 9.40 Å². The zero-order chi connectivity index (χ0) is 21.5. The highest BCUT2D eigenvalue weighted by Crippen LogP contribution is 2.30. The Hall–Kier alpha value is -2.63. The van der Waals surface area contributed by atoms with Gasteiger partial charge in [-0.15, -0.1) is 11.3 Å². The van der Waals surface area contributed by atoms with Crippen LogP contribution < -0.4 is 5.32 Å². The fourth-order valence-electron chi connectivity index (χ4n) is 3.11. The van der Waals surface area contributed by atoms with Gasteiger partial charge in [0.2, 0.25) is 10.0 Å². The number of carbonyl (C=O) groups is 1. The molecule has 2 N–H and O–H groups in total. The van der Waals surface area contributed by atoms with Crippen molar-refractivity contribution in [2.45, 2.75) is 32.1 Å². The molecule has 0 atom stereocenters. The minimum Gasteiger partial charge on any atom is -0.296 e. The van der Waals surface area contributed by atoms with Crippen LogP contribution in [0, 0.1) is 5.82 Å². The lowest BCUT2D eigenvalue weighted by molar-refractivity contribution is 0.102. The predicted molar refractivity (Wildman–Crippen MR) is 112 cm³/mol. The van der Waals surface area contributed by atoms with E-state index in [-0.39, 0.29) is 18.1 Å². The van der Waals surface area contributed by atoms with Gasteiger partial charge in [0.1, 0.15) is 11.5 Å². The summed E-state index contributed by atoms with van der Waals surface area (Å²) >= 11 is 1.27. The van der Waals surface area contributed by atoms with E-state index in [0.29, 0.717) is 29.4 Å². The number of sulfonamides is 1. The van der Waals surface area contributed by atoms with E-state index in [0.717, 1.165) is 10.6 Å². The van der Waals surface area contributed by atoms with Crippen molar-refractivity contribution < 1.29 is 17.6 Å². The van der Waals surface area contributed by atoms with E-state index in [1.807, 2.05) is 0 Å². The molecule has 4 rings (SSSR count). The number of amides is 1. The quantitative estimate of drug-likeness (QED) is 0.623. The average Bonchev–Trinajstić information content (AvgIpc) is 3.34. The average molecular weight is 450 g/mol. The Morgan fingerprint density at radius 1 is 1.30 bits per heavy atom. The summed E-state index contributed by atoms with van der Waals surface area (Å²) in [5, 5.41) is 9.43. The third kappa shape index (κ3) is 4.00. The molecule has 1 aliphatic rings. The number of aromatic amines is 1. The van der Waals surface area contributed by atoms with Crippen molar-refractivity contribution in [1.29, 1.82) is 0 Å². The molecule has 8 nitrogen and oxygen atoms in total. The van der Waals surface area contributed by atoms with Crippen LogP contribution in [0.25, 0.3) is 11.3 Å². The minimum atomic E-state index is -3.34. The maximum atomic E-state index is 13.1. The Labute approximate surface area is 177 Å². The molecular weight excluding hydrogens is 429 g/mol. The van der Waals surface area contributed by atoms with Gasteiger partial charge in [0.15, 0.2) is 5.13 Å². The molecule has 11 heteroatoms. The molecule has 0 radical (unpaired) electrons. The summed E-state index contributed by atoms with van der Waals surface area (Å²) in [5.74, 6) is -0.756. The molecule has 1 amide bonds. The zero-order valence-corrected chi connectivity index (χ0v) is 18.0. The number of benzene rings is 1. The first-order valence-electron chi connectivity index (χ1n) is 9.34. The smallest absolute Gasteiger partial charge is 0.275 e. The highest BCUT2D eigenvalue weighted by molar-refractivity contribution is 7.89. The van der Waals surface area contributed by atoms with Gasteiger partial charge in [-0.1, -0.05) is 0 Å². The molecule has 2 aromatic heterocycles. The lowest BCUT2D eigenvalue weighted by Crippen LogP contribution is -2.39. The molecule has 0 bridgehead atoms. The summed E-state index contributed by atoms with van der Waals surface area (Å²) in [7, 11) is -3.34. The molecule has 0 saturated carbocycles. The van der Waals surface area contributed by atoms with Gasteiger partial charge in [0, 0.05) is 30.0 Å². The Morgan fingerprint density at radius 3 is 2.73 bits per heavy atom. The molecule has 0 saturated heterocycles. The van der Waals surface area contributed by atoms with Gasteiger partial charge in [-0.3, -0.25) is 15.2 Å². The van der Waals surface area contributed by atoms with Crippen molar-refractivity contribution in [3.05, 3.63) is 52.4 Å². The standard InChI is InChI=1S/C19H20FN5O3S2/c1-11(2)30(27,28)25-8-7-14-17(10-25)29-19(21-14)22-18(26)16-9-15(23-24-16)12-3-5-13(20)6-4-12/h3-6,9,11H,7-8,10H2,1-2H3,(H,23,24)(H,21,22,26). The Kier molecular flexibility index (Phi) is 5.43. The van der Waals surface area contributed by atoms with E-state index in [4.69, 9.17) is 0 Å². The number of hydrogen-bond donors (Lipinski definition) is 2. The number of thiazole rings is 1. The van der Waals surface area contributed by atoms with Crippen molar-refractivity contribution >= 4 is 32.4 Å². The summed E-state index contributed by atoms with van der Waals surface area (Å²) in [4.78, 5) is 17.8. The Morgan fingerprint density at radius 2 is 2.03 bits per heavy atom. The van der Waals surface area contributed by atoms with Gasteiger partial charge in [-0.05, 0) is 44.2 Å². The molecule has 0 spiro atoms. The number of fused-ring (bicyclic) bond motifs is 1. The number of aromatic nitrogens is 3. The van der Waals surface area contributed by atoms with Gasteiger partial charge < -0.3 is 0 Å². The van der Waals surface area contributed by atoms with E-state index in [1.165, 1.54) is 27.8 Å². The second-order valence-corrected chi connectivity index (χ2v) is 10.8. The summed E-state index contributed by atoms with van der Waals surface area (Å²) in [6.07, 6.45) is 0.506. The maximum Gasteiger partial charge on any atom is 0.275 e. The number of anilines is 1. The third-order valence-electron chi connectivity index (χ3n) is 4.83. The molecule has 3 heterocycles. The van der Waals surface area contributed by atoms with E-state index in [1.54, 1.807) is 32.0 Å². The van der Waals surface area contributed by atoms with Crippen LogP contribution in [-0.4, -0.2) is 45.6 Å².